The van der Waals surface area contributed by atoms with E-state index in [-0.39, 0.29) is 17.7 Å². The van der Waals surface area contributed by atoms with Gasteiger partial charge in [-0.15, -0.1) is 11.3 Å². The minimum atomic E-state index is -0.484. The van der Waals surface area contributed by atoms with Crippen molar-refractivity contribution in [2.24, 2.45) is 0 Å². The normalized spacial score (nSPS) is 16.6. The molecule has 0 saturated carbocycles. The Kier molecular flexibility index (Phi) is 4.75. The highest BCUT2D eigenvalue weighted by molar-refractivity contribution is 9.11. The number of halogens is 1. The quantitative estimate of drug-likeness (QED) is 0.697. The summed E-state index contributed by atoms with van der Waals surface area (Å²) in [5, 5.41) is 0.972. The molecule has 1 fully saturated rings. The van der Waals surface area contributed by atoms with Gasteiger partial charge >= 0.3 is 6.09 Å². The lowest BCUT2D eigenvalue weighted by atomic mass is 10.0. The van der Waals surface area contributed by atoms with Crippen molar-refractivity contribution in [2.45, 2.75) is 45.3 Å². The van der Waals surface area contributed by atoms with Gasteiger partial charge in [-0.2, -0.15) is 0 Å². The van der Waals surface area contributed by atoms with Gasteiger partial charge in [0, 0.05) is 30.7 Å². The van der Waals surface area contributed by atoms with Crippen LogP contribution in [-0.2, 0) is 4.74 Å². The van der Waals surface area contributed by atoms with E-state index in [1.165, 1.54) is 11.3 Å². The molecule has 0 unspecified atom stereocenters. The van der Waals surface area contributed by atoms with Crippen molar-refractivity contribution in [1.82, 2.24) is 9.47 Å². The van der Waals surface area contributed by atoms with Gasteiger partial charge in [-0.3, -0.25) is 4.79 Å². The smallest absolute Gasteiger partial charge is 0.410 e. The van der Waals surface area contributed by atoms with Crippen LogP contribution in [0.2, 0.25) is 0 Å². The monoisotopic (exact) mass is 412 g/mol. The highest BCUT2D eigenvalue weighted by Gasteiger charge is 2.28. The summed E-state index contributed by atoms with van der Waals surface area (Å²) in [4.78, 5) is 26.6. The van der Waals surface area contributed by atoms with Crippen molar-refractivity contribution < 1.29 is 9.53 Å². The maximum Gasteiger partial charge on any atom is 0.410 e. The molecular formula is C17H21BrN2O3S. The summed E-state index contributed by atoms with van der Waals surface area (Å²) < 4.78 is 8.98. The first-order chi connectivity index (χ1) is 11.2. The van der Waals surface area contributed by atoms with E-state index in [1.807, 2.05) is 43.7 Å². The lowest BCUT2D eigenvalue weighted by Gasteiger charge is -2.34. The van der Waals surface area contributed by atoms with Gasteiger partial charge < -0.3 is 14.2 Å². The van der Waals surface area contributed by atoms with Crippen LogP contribution < -0.4 is 5.56 Å². The zero-order valence-electron chi connectivity index (χ0n) is 14.0. The first-order valence-electron chi connectivity index (χ1n) is 8.03. The molecule has 2 aromatic rings. The molecule has 24 heavy (non-hydrogen) atoms. The fourth-order valence-electron chi connectivity index (χ4n) is 2.95. The molecular weight excluding hydrogens is 392 g/mol. The summed E-state index contributed by atoms with van der Waals surface area (Å²) in [6.45, 7) is 6.82. The summed E-state index contributed by atoms with van der Waals surface area (Å²) in [6, 6.07) is 4.08. The van der Waals surface area contributed by atoms with Crippen LogP contribution >= 0.6 is 27.3 Å². The van der Waals surface area contributed by atoms with E-state index in [0.29, 0.717) is 13.1 Å². The maximum absolute atomic E-state index is 12.7. The fraction of sp³-hybridized carbons (Fsp3) is 0.529. The average Bonchev–Trinajstić information content (AvgIpc) is 2.88. The highest BCUT2D eigenvalue weighted by Crippen LogP contribution is 2.29. The number of rotatable bonds is 1. The number of likely N-dealkylation sites (tertiary alicyclic amines) is 1. The first kappa shape index (κ1) is 17.5. The topological polar surface area (TPSA) is 51.5 Å². The standard InChI is InChI=1S/C17H21BrN2O3S/c1-17(2,3)23-16(22)19-7-5-12(6-8-19)20-9-4-11-10-13(18)24-14(11)15(20)21/h4,9-10,12H,5-8H2,1-3H3. The molecule has 3 rings (SSSR count). The van der Waals surface area contributed by atoms with Gasteiger partial charge in [-0.05, 0) is 61.7 Å². The second kappa shape index (κ2) is 6.52. The van der Waals surface area contributed by atoms with E-state index in [4.69, 9.17) is 4.74 Å². The number of fused-ring (bicyclic) bond motifs is 1. The second-order valence-corrected chi connectivity index (χ2v) is 9.49. The zero-order valence-corrected chi connectivity index (χ0v) is 16.4. The molecule has 0 atom stereocenters. The Morgan fingerprint density at radius 2 is 2.00 bits per heavy atom. The van der Waals surface area contributed by atoms with E-state index in [1.54, 1.807) is 4.90 Å². The highest BCUT2D eigenvalue weighted by atomic mass is 79.9. The molecule has 1 saturated heterocycles. The van der Waals surface area contributed by atoms with Gasteiger partial charge in [0.15, 0.2) is 0 Å². The molecule has 0 spiro atoms. The number of nitrogens with zero attached hydrogens (tertiary/aromatic N) is 2. The van der Waals surface area contributed by atoms with E-state index in [0.717, 1.165) is 26.7 Å². The number of amides is 1. The van der Waals surface area contributed by atoms with E-state index in [2.05, 4.69) is 15.9 Å². The van der Waals surface area contributed by atoms with Gasteiger partial charge in [0.2, 0.25) is 0 Å². The lowest BCUT2D eigenvalue weighted by Crippen LogP contribution is -2.43. The number of pyridine rings is 1. The minimum absolute atomic E-state index is 0.0546. The summed E-state index contributed by atoms with van der Waals surface area (Å²) in [6.07, 6.45) is 3.12. The zero-order chi connectivity index (χ0) is 17.5. The summed E-state index contributed by atoms with van der Waals surface area (Å²) in [5.74, 6) is 0. The number of aromatic nitrogens is 1. The number of hydrogen-bond acceptors (Lipinski definition) is 4. The largest absolute Gasteiger partial charge is 0.444 e. The molecule has 0 aliphatic carbocycles. The Morgan fingerprint density at radius 3 is 2.62 bits per heavy atom. The van der Waals surface area contributed by atoms with Crippen molar-refractivity contribution in [1.29, 1.82) is 0 Å². The number of hydrogen-bond donors (Lipinski definition) is 0. The fourth-order valence-corrected chi connectivity index (χ4v) is 4.50. The first-order valence-corrected chi connectivity index (χ1v) is 9.64. The molecule has 0 N–H and O–H groups in total. The summed E-state index contributed by atoms with van der Waals surface area (Å²) in [5.41, 5.74) is -0.429. The van der Waals surface area contributed by atoms with Crippen LogP contribution in [-0.4, -0.2) is 34.3 Å². The average molecular weight is 413 g/mol. The van der Waals surface area contributed by atoms with Crippen molar-refractivity contribution in [3.8, 4) is 0 Å². The Bertz CT molecular complexity index is 813. The third kappa shape index (κ3) is 3.67. The molecule has 1 aliphatic rings. The Hall–Kier alpha value is -1.34. The molecule has 5 nitrogen and oxygen atoms in total. The lowest BCUT2D eigenvalue weighted by molar-refractivity contribution is 0.0187. The summed E-state index contributed by atoms with van der Waals surface area (Å²) >= 11 is 4.91. The SMILES string of the molecule is CC(C)(C)OC(=O)N1CCC(n2ccc3cc(Br)sc3c2=O)CC1. The number of thiophene rings is 1. The Labute approximate surface area is 153 Å². The molecule has 3 heterocycles. The van der Waals surface area contributed by atoms with Gasteiger partial charge in [-0.1, -0.05) is 0 Å². The molecule has 130 valence electrons. The minimum Gasteiger partial charge on any atom is -0.444 e. The van der Waals surface area contributed by atoms with Crippen molar-refractivity contribution in [2.75, 3.05) is 13.1 Å². The third-order valence-electron chi connectivity index (χ3n) is 4.08. The molecule has 7 heteroatoms. The van der Waals surface area contributed by atoms with Gasteiger partial charge in [0.1, 0.15) is 10.3 Å². The molecule has 0 bridgehead atoms. The molecule has 2 aromatic heterocycles. The van der Waals surface area contributed by atoms with Gasteiger partial charge in [-0.25, -0.2) is 4.79 Å². The maximum atomic E-state index is 12.7. The number of carbonyl (C=O) groups is 1. The van der Waals surface area contributed by atoms with Gasteiger partial charge in [0.05, 0.1) is 3.79 Å². The van der Waals surface area contributed by atoms with Crippen LogP contribution in [0.15, 0.2) is 26.9 Å². The van der Waals surface area contributed by atoms with Crippen LogP contribution in [0, 0.1) is 0 Å². The van der Waals surface area contributed by atoms with Crippen LogP contribution in [0.5, 0.6) is 0 Å². The van der Waals surface area contributed by atoms with E-state index in [9.17, 15) is 9.59 Å². The second-order valence-electron chi connectivity index (χ2n) is 7.06. The van der Waals surface area contributed by atoms with Gasteiger partial charge in [0.25, 0.3) is 5.56 Å². The van der Waals surface area contributed by atoms with E-state index >= 15 is 0 Å². The number of piperidine rings is 1. The predicted molar refractivity (Wildman–Crippen MR) is 99.9 cm³/mol. The van der Waals surface area contributed by atoms with Crippen LogP contribution in [0.1, 0.15) is 39.7 Å². The van der Waals surface area contributed by atoms with Crippen LogP contribution in [0.3, 0.4) is 0 Å². The van der Waals surface area contributed by atoms with Crippen LogP contribution in [0.25, 0.3) is 10.1 Å². The van der Waals surface area contributed by atoms with Crippen molar-refractivity contribution >= 4 is 43.4 Å². The van der Waals surface area contributed by atoms with E-state index < -0.39 is 5.60 Å². The molecule has 1 aliphatic heterocycles. The molecule has 0 radical (unpaired) electrons. The summed E-state index contributed by atoms with van der Waals surface area (Å²) in [7, 11) is 0. The Balaban J connectivity index is 1.72. The van der Waals surface area contributed by atoms with Crippen molar-refractivity contribution in [3.63, 3.8) is 0 Å². The van der Waals surface area contributed by atoms with Crippen LogP contribution in [0.4, 0.5) is 4.79 Å². The number of carbonyl (C=O) groups excluding carboxylic acids is 1. The third-order valence-corrected chi connectivity index (χ3v) is 5.73. The number of ether oxygens (including phenoxy) is 1. The predicted octanol–water partition coefficient (Wildman–Crippen LogP) is 4.40. The Morgan fingerprint density at radius 1 is 1.33 bits per heavy atom. The molecule has 1 amide bonds. The molecule has 0 aromatic carbocycles. The van der Waals surface area contributed by atoms with Crippen molar-refractivity contribution in [3.05, 3.63) is 32.5 Å².